The summed E-state index contributed by atoms with van der Waals surface area (Å²) in [7, 11) is -0.803. The minimum absolute atomic E-state index is 0. The van der Waals surface area contributed by atoms with Gasteiger partial charge in [0.1, 0.15) is 0 Å². The van der Waals surface area contributed by atoms with Gasteiger partial charge in [-0.1, -0.05) is 31.4 Å². The molecule has 0 radical (unpaired) electrons. The summed E-state index contributed by atoms with van der Waals surface area (Å²) in [6, 6.07) is 7.86. The molecule has 1 saturated heterocycles. The van der Waals surface area contributed by atoms with Crippen LogP contribution >= 0.6 is 12.4 Å². The van der Waals surface area contributed by atoms with Crippen LogP contribution in [0.15, 0.2) is 24.3 Å². The molecule has 1 aliphatic carbocycles. The van der Waals surface area contributed by atoms with Crippen molar-refractivity contribution < 1.29 is 9.00 Å². The molecule has 26 heavy (non-hydrogen) atoms. The molecule has 3 rings (SSSR count). The number of benzene rings is 1. The Balaban J connectivity index is 0.00000243. The van der Waals surface area contributed by atoms with Gasteiger partial charge in [-0.15, -0.1) is 12.4 Å². The molecule has 6 heteroatoms. The molecule has 0 aromatic heterocycles. The average molecular weight is 399 g/mol. The van der Waals surface area contributed by atoms with E-state index in [9.17, 15) is 9.00 Å². The van der Waals surface area contributed by atoms with Gasteiger partial charge in [-0.3, -0.25) is 9.00 Å². The van der Waals surface area contributed by atoms with Crippen LogP contribution in [0.25, 0.3) is 0 Å². The molecular formula is C20H31ClN2O2S. The Morgan fingerprint density at radius 3 is 2.73 bits per heavy atom. The highest BCUT2D eigenvalue weighted by atomic mass is 35.5. The van der Waals surface area contributed by atoms with Crippen LogP contribution in [0.2, 0.25) is 0 Å². The van der Waals surface area contributed by atoms with E-state index in [1.807, 2.05) is 24.3 Å². The summed E-state index contributed by atoms with van der Waals surface area (Å²) >= 11 is 0. The van der Waals surface area contributed by atoms with Gasteiger partial charge in [-0.25, -0.2) is 0 Å². The standard InChI is InChI=1S/C20H30N2O2S.ClH/c23-20(10-9-16-11-12-21-14-16)22-18-6-4-5-17(13-18)15-25(24)19-7-2-1-3-8-19;/h4-6,13,16,19,21H,1-3,7-12,14-15H2,(H,22,23);1H. The second kappa shape index (κ2) is 11.1. The summed E-state index contributed by atoms with van der Waals surface area (Å²) in [4.78, 5) is 12.2. The number of nitrogens with one attached hydrogen (secondary N) is 2. The molecule has 1 heterocycles. The summed E-state index contributed by atoms with van der Waals surface area (Å²) in [6.45, 7) is 2.11. The van der Waals surface area contributed by atoms with Crippen molar-refractivity contribution in [2.24, 2.45) is 5.92 Å². The molecule has 0 spiro atoms. The summed E-state index contributed by atoms with van der Waals surface area (Å²) in [5, 5.41) is 6.69. The van der Waals surface area contributed by atoms with E-state index in [1.165, 1.54) is 25.7 Å². The van der Waals surface area contributed by atoms with E-state index < -0.39 is 10.8 Å². The van der Waals surface area contributed by atoms with Crippen molar-refractivity contribution in [3.05, 3.63) is 29.8 Å². The number of anilines is 1. The van der Waals surface area contributed by atoms with E-state index in [0.29, 0.717) is 23.3 Å². The van der Waals surface area contributed by atoms with Crippen LogP contribution < -0.4 is 10.6 Å². The third-order valence-corrected chi connectivity index (χ3v) is 7.22. The minimum atomic E-state index is -0.803. The van der Waals surface area contributed by atoms with Gasteiger partial charge >= 0.3 is 0 Å². The zero-order valence-corrected chi connectivity index (χ0v) is 17.0. The lowest BCUT2D eigenvalue weighted by Gasteiger charge is -2.21. The van der Waals surface area contributed by atoms with Gasteiger partial charge < -0.3 is 10.6 Å². The van der Waals surface area contributed by atoms with Crippen LogP contribution in [0.1, 0.15) is 56.9 Å². The Morgan fingerprint density at radius 2 is 2.00 bits per heavy atom. The molecular weight excluding hydrogens is 368 g/mol. The lowest BCUT2D eigenvalue weighted by atomic mass is 10.0. The van der Waals surface area contributed by atoms with Crippen molar-refractivity contribution in [3.63, 3.8) is 0 Å². The molecule has 2 atom stereocenters. The average Bonchev–Trinajstić information content (AvgIpc) is 3.15. The second-order valence-corrected chi connectivity index (χ2v) is 9.15. The highest BCUT2D eigenvalue weighted by molar-refractivity contribution is 7.84. The van der Waals surface area contributed by atoms with Gasteiger partial charge in [0.25, 0.3) is 0 Å². The first-order valence-corrected chi connectivity index (χ1v) is 11.1. The molecule has 2 aliphatic rings. The fourth-order valence-corrected chi connectivity index (χ4v) is 5.47. The predicted octanol–water partition coefficient (Wildman–Crippen LogP) is 4.02. The molecule has 2 N–H and O–H groups in total. The first-order chi connectivity index (χ1) is 12.2. The van der Waals surface area contributed by atoms with Crippen molar-refractivity contribution in [2.45, 2.75) is 62.4 Å². The van der Waals surface area contributed by atoms with Crippen molar-refractivity contribution in [1.82, 2.24) is 5.32 Å². The fraction of sp³-hybridized carbons (Fsp3) is 0.650. The Morgan fingerprint density at radius 1 is 1.19 bits per heavy atom. The smallest absolute Gasteiger partial charge is 0.224 e. The largest absolute Gasteiger partial charge is 0.326 e. The Bertz CT molecular complexity index is 599. The van der Waals surface area contributed by atoms with Crippen LogP contribution in [0.4, 0.5) is 5.69 Å². The maximum atomic E-state index is 12.6. The monoisotopic (exact) mass is 398 g/mol. The van der Waals surface area contributed by atoms with Gasteiger partial charge in [0.2, 0.25) is 5.91 Å². The zero-order chi connectivity index (χ0) is 17.5. The van der Waals surface area contributed by atoms with Gasteiger partial charge in [0, 0.05) is 33.9 Å². The number of rotatable bonds is 7. The fourth-order valence-electron chi connectivity index (χ4n) is 3.87. The van der Waals surface area contributed by atoms with Crippen LogP contribution in [0, 0.1) is 5.92 Å². The molecule has 1 saturated carbocycles. The van der Waals surface area contributed by atoms with Crippen molar-refractivity contribution >= 4 is 34.8 Å². The predicted molar refractivity (Wildman–Crippen MR) is 111 cm³/mol. The number of hydrogen-bond donors (Lipinski definition) is 2. The third kappa shape index (κ3) is 6.67. The molecule has 0 bridgehead atoms. The van der Waals surface area contributed by atoms with Crippen LogP contribution in [-0.2, 0) is 21.3 Å². The zero-order valence-electron chi connectivity index (χ0n) is 15.4. The molecule has 2 unspecified atom stereocenters. The Labute approximate surface area is 165 Å². The Hall–Kier alpha value is -0.910. The maximum absolute atomic E-state index is 12.6. The van der Waals surface area contributed by atoms with Gasteiger partial charge in [0.05, 0.1) is 0 Å². The summed E-state index contributed by atoms with van der Waals surface area (Å²) in [6.07, 6.45) is 8.60. The minimum Gasteiger partial charge on any atom is -0.326 e. The molecule has 1 aromatic carbocycles. The van der Waals surface area contributed by atoms with E-state index in [2.05, 4.69) is 10.6 Å². The highest BCUT2D eigenvalue weighted by Gasteiger charge is 2.20. The topological polar surface area (TPSA) is 58.2 Å². The first-order valence-electron chi connectivity index (χ1n) is 9.67. The number of amides is 1. The van der Waals surface area contributed by atoms with Crippen LogP contribution in [-0.4, -0.2) is 28.5 Å². The quantitative estimate of drug-likeness (QED) is 0.729. The van der Waals surface area contributed by atoms with E-state index in [4.69, 9.17) is 0 Å². The second-order valence-electron chi connectivity index (χ2n) is 7.43. The summed E-state index contributed by atoms with van der Waals surface area (Å²) in [5.41, 5.74) is 1.88. The number of carbonyl (C=O) groups excluding carboxylic acids is 1. The maximum Gasteiger partial charge on any atom is 0.224 e. The van der Waals surface area contributed by atoms with E-state index >= 15 is 0 Å². The van der Waals surface area contributed by atoms with Crippen molar-refractivity contribution in [3.8, 4) is 0 Å². The molecule has 1 aliphatic heterocycles. The first kappa shape index (κ1) is 21.4. The molecule has 2 fully saturated rings. The lowest BCUT2D eigenvalue weighted by molar-refractivity contribution is -0.116. The van der Waals surface area contributed by atoms with Crippen LogP contribution in [0.3, 0.4) is 0 Å². The SMILES string of the molecule is Cl.O=C(CCC1CCNC1)Nc1cccc(CS(=O)C2CCCCC2)c1. The lowest BCUT2D eigenvalue weighted by Crippen LogP contribution is -2.20. The number of halogens is 1. The van der Waals surface area contributed by atoms with Gasteiger partial charge in [0.15, 0.2) is 0 Å². The summed E-state index contributed by atoms with van der Waals surface area (Å²) < 4.78 is 12.6. The Kier molecular flexibility index (Phi) is 9.09. The van der Waals surface area contributed by atoms with E-state index in [1.54, 1.807) is 0 Å². The van der Waals surface area contributed by atoms with Gasteiger partial charge in [-0.05, 0) is 62.4 Å². The normalized spacial score (nSPS) is 21.8. The molecule has 1 amide bonds. The van der Waals surface area contributed by atoms with Crippen molar-refractivity contribution in [1.29, 1.82) is 0 Å². The molecule has 1 aromatic rings. The van der Waals surface area contributed by atoms with Crippen molar-refractivity contribution in [2.75, 3.05) is 18.4 Å². The number of carbonyl (C=O) groups is 1. The molecule has 146 valence electrons. The van der Waals surface area contributed by atoms with E-state index in [-0.39, 0.29) is 18.3 Å². The van der Waals surface area contributed by atoms with Crippen LogP contribution in [0.5, 0.6) is 0 Å². The van der Waals surface area contributed by atoms with E-state index in [0.717, 1.165) is 43.6 Å². The highest BCUT2D eigenvalue weighted by Crippen LogP contribution is 2.24. The summed E-state index contributed by atoms with van der Waals surface area (Å²) in [5.74, 6) is 1.31. The molecule has 4 nitrogen and oxygen atoms in total. The number of hydrogen-bond acceptors (Lipinski definition) is 3. The third-order valence-electron chi connectivity index (χ3n) is 5.39. The van der Waals surface area contributed by atoms with Gasteiger partial charge in [-0.2, -0.15) is 0 Å².